The highest BCUT2D eigenvalue weighted by Gasteiger charge is 2.22. The van der Waals surface area contributed by atoms with E-state index in [-0.39, 0.29) is 5.91 Å². The third kappa shape index (κ3) is 2.80. The fourth-order valence-corrected chi connectivity index (χ4v) is 2.88. The van der Waals surface area contributed by atoms with Crippen LogP contribution in [0.1, 0.15) is 35.3 Å². The van der Waals surface area contributed by atoms with Crippen molar-refractivity contribution in [3.63, 3.8) is 0 Å². The number of carbonyl (C=O) groups is 1. The molecule has 1 aliphatic rings. The van der Waals surface area contributed by atoms with Crippen LogP contribution in [0.15, 0.2) is 42.5 Å². The molecule has 1 amide bonds. The summed E-state index contributed by atoms with van der Waals surface area (Å²) in [7, 11) is 0. The van der Waals surface area contributed by atoms with Crippen molar-refractivity contribution in [3.05, 3.63) is 69.7 Å². The van der Waals surface area contributed by atoms with Gasteiger partial charge < -0.3 is 10.0 Å². The van der Waals surface area contributed by atoms with E-state index in [1.807, 2.05) is 30.3 Å². The zero-order valence-electron chi connectivity index (χ0n) is 11.7. The highest BCUT2D eigenvalue weighted by molar-refractivity contribution is 6.30. The van der Waals surface area contributed by atoms with Crippen molar-refractivity contribution >= 4 is 17.5 Å². The van der Waals surface area contributed by atoms with Crippen LogP contribution in [0.2, 0.25) is 5.02 Å². The molecule has 0 saturated carbocycles. The minimum absolute atomic E-state index is 0.0724. The highest BCUT2D eigenvalue weighted by atomic mass is 35.5. The molecule has 1 atom stereocenters. The fourth-order valence-electron chi connectivity index (χ4n) is 2.68. The quantitative estimate of drug-likeness (QED) is 0.925. The SMILES string of the molecule is CC(=O)N1Cc2ccc(C(O)c3cccc(Cl)c3)cc2C1. The zero-order chi connectivity index (χ0) is 15.0. The Labute approximate surface area is 128 Å². The van der Waals surface area contributed by atoms with Crippen molar-refractivity contribution in [2.75, 3.05) is 0 Å². The Bertz CT molecular complexity index is 699. The van der Waals surface area contributed by atoms with E-state index in [4.69, 9.17) is 11.6 Å². The van der Waals surface area contributed by atoms with Gasteiger partial charge in [0.1, 0.15) is 6.10 Å². The van der Waals surface area contributed by atoms with Crippen LogP contribution in [0.5, 0.6) is 0 Å². The number of hydrogen-bond donors (Lipinski definition) is 1. The summed E-state index contributed by atoms with van der Waals surface area (Å²) >= 11 is 5.97. The lowest BCUT2D eigenvalue weighted by Gasteiger charge is -2.13. The number of carbonyl (C=O) groups excluding carboxylic acids is 1. The maximum Gasteiger partial charge on any atom is 0.220 e. The number of fused-ring (bicyclic) bond motifs is 1. The van der Waals surface area contributed by atoms with E-state index in [2.05, 4.69) is 0 Å². The van der Waals surface area contributed by atoms with Crippen LogP contribution < -0.4 is 0 Å². The molecular weight excluding hydrogens is 286 g/mol. The molecule has 2 aromatic carbocycles. The van der Waals surface area contributed by atoms with E-state index in [9.17, 15) is 9.90 Å². The van der Waals surface area contributed by atoms with Gasteiger partial charge in [0.25, 0.3) is 0 Å². The first-order valence-corrected chi connectivity index (χ1v) is 7.23. The smallest absolute Gasteiger partial charge is 0.220 e. The van der Waals surface area contributed by atoms with Gasteiger partial charge in [0.2, 0.25) is 5.91 Å². The van der Waals surface area contributed by atoms with Gasteiger partial charge in [-0.15, -0.1) is 0 Å². The number of benzene rings is 2. The standard InChI is InChI=1S/C17H16ClNO2/c1-11(20)19-9-14-6-5-13(7-15(14)10-19)17(21)12-3-2-4-16(18)8-12/h2-8,17,21H,9-10H2,1H3. The summed E-state index contributed by atoms with van der Waals surface area (Å²) in [5.74, 6) is 0.0724. The van der Waals surface area contributed by atoms with Crippen molar-refractivity contribution in [1.82, 2.24) is 4.90 Å². The van der Waals surface area contributed by atoms with Crippen LogP contribution in [0.3, 0.4) is 0 Å². The third-order valence-corrected chi connectivity index (χ3v) is 4.11. The van der Waals surface area contributed by atoms with Crippen LogP contribution in [-0.4, -0.2) is 15.9 Å². The lowest BCUT2D eigenvalue weighted by molar-refractivity contribution is -0.129. The van der Waals surface area contributed by atoms with Crippen molar-refractivity contribution in [2.24, 2.45) is 0 Å². The summed E-state index contributed by atoms with van der Waals surface area (Å²) < 4.78 is 0. The van der Waals surface area contributed by atoms with Gasteiger partial charge in [0, 0.05) is 25.0 Å². The highest BCUT2D eigenvalue weighted by Crippen LogP contribution is 2.29. The number of aliphatic hydroxyl groups excluding tert-OH is 1. The van der Waals surface area contributed by atoms with Gasteiger partial charge in [0.05, 0.1) is 0 Å². The molecule has 3 rings (SSSR count). The predicted molar refractivity (Wildman–Crippen MR) is 81.9 cm³/mol. The first-order chi connectivity index (χ1) is 10.0. The van der Waals surface area contributed by atoms with E-state index in [0.29, 0.717) is 18.1 Å². The number of amides is 1. The Kier molecular flexibility index (Phi) is 3.70. The molecule has 0 fully saturated rings. The fraction of sp³-hybridized carbons (Fsp3) is 0.235. The van der Waals surface area contributed by atoms with Gasteiger partial charge in [-0.2, -0.15) is 0 Å². The number of halogens is 1. The Morgan fingerprint density at radius 3 is 2.57 bits per heavy atom. The van der Waals surface area contributed by atoms with Crippen molar-refractivity contribution in [2.45, 2.75) is 26.1 Å². The van der Waals surface area contributed by atoms with E-state index in [0.717, 1.165) is 22.3 Å². The molecule has 108 valence electrons. The minimum Gasteiger partial charge on any atom is -0.384 e. The zero-order valence-corrected chi connectivity index (χ0v) is 12.5. The molecule has 1 aliphatic heterocycles. The molecule has 1 unspecified atom stereocenters. The van der Waals surface area contributed by atoms with E-state index >= 15 is 0 Å². The molecule has 0 radical (unpaired) electrons. The largest absolute Gasteiger partial charge is 0.384 e. The van der Waals surface area contributed by atoms with Crippen molar-refractivity contribution in [3.8, 4) is 0 Å². The lowest BCUT2D eigenvalue weighted by atomic mass is 9.98. The summed E-state index contributed by atoms with van der Waals surface area (Å²) in [6.07, 6.45) is -0.708. The Morgan fingerprint density at radius 2 is 1.86 bits per heavy atom. The number of nitrogens with zero attached hydrogens (tertiary/aromatic N) is 1. The van der Waals surface area contributed by atoms with Crippen LogP contribution in [0, 0.1) is 0 Å². The second-order valence-electron chi connectivity index (χ2n) is 5.36. The molecule has 1 N–H and O–H groups in total. The molecule has 0 saturated heterocycles. The topological polar surface area (TPSA) is 40.5 Å². The van der Waals surface area contributed by atoms with E-state index < -0.39 is 6.10 Å². The van der Waals surface area contributed by atoms with Crippen LogP contribution >= 0.6 is 11.6 Å². The van der Waals surface area contributed by atoms with Crippen LogP contribution in [0.25, 0.3) is 0 Å². The minimum atomic E-state index is -0.708. The Hall–Kier alpha value is -1.84. The van der Waals surface area contributed by atoms with Gasteiger partial charge in [0.15, 0.2) is 0 Å². The second-order valence-corrected chi connectivity index (χ2v) is 5.80. The van der Waals surface area contributed by atoms with Crippen LogP contribution in [0.4, 0.5) is 0 Å². The van der Waals surface area contributed by atoms with E-state index in [1.165, 1.54) is 0 Å². The van der Waals surface area contributed by atoms with Crippen molar-refractivity contribution < 1.29 is 9.90 Å². The molecule has 21 heavy (non-hydrogen) atoms. The summed E-state index contributed by atoms with van der Waals surface area (Å²) in [4.78, 5) is 13.2. The number of hydrogen-bond acceptors (Lipinski definition) is 2. The van der Waals surface area contributed by atoms with Gasteiger partial charge in [-0.25, -0.2) is 0 Å². The average molecular weight is 302 g/mol. The van der Waals surface area contributed by atoms with Gasteiger partial charge in [-0.3, -0.25) is 4.79 Å². The molecule has 4 heteroatoms. The first-order valence-electron chi connectivity index (χ1n) is 6.85. The van der Waals surface area contributed by atoms with E-state index in [1.54, 1.807) is 24.0 Å². The molecule has 3 nitrogen and oxygen atoms in total. The molecule has 1 heterocycles. The summed E-state index contributed by atoms with van der Waals surface area (Å²) in [5.41, 5.74) is 3.83. The molecule has 0 spiro atoms. The molecule has 0 bridgehead atoms. The molecule has 0 aromatic heterocycles. The monoisotopic (exact) mass is 301 g/mol. The number of rotatable bonds is 2. The predicted octanol–water partition coefficient (Wildman–Crippen LogP) is 3.28. The molecule has 0 aliphatic carbocycles. The lowest BCUT2D eigenvalue weighted by Crippen LogP contribution is -2.21. The Morgan fingerprint density at radius 1 is 1.14 bits per heavy atom. The molecule has 2 aromatic rings. The first kappa shape index (κ1) is 14.1. The molecular formula is C17H16ClNO2. The second kappa shape index (κ2) is 5.51. The van der Waals surface area contributed by atoms with Crippen LogP contribution in [-0.2, 0) is 17.9 Å². The van der Waals surface area contributed by atoms with Crippen molar-refractivity contribution in [1.29, 1.82) is 0 Å². The maximum absolute atomic E-state index is 11.5. The maximum atomic E-state index is 11.5. The average Bonchev–Trinajstić information content (AvgIpc) is 2.89. The summed E-state index contributed by atoms with van der Waals surface area (Å²) in [6.45, 7) is 2.84. The van der Waals surface area contributed by atoms with Gasteiger partial charge >= 0.3 is 0 Å². The normalized spacial score (nSPS) is 14.9. The Balaban J connectivity index is 1.89. The van der Waals surface area contributed by atoms with Gasteiger partial charge in [-0.1, -0.05) is 41.9 Å². The number of aliphatic hydroxyl groups is 1. The third-order valence-electron chi connectivity index (χ3n) is 3.88. The summed E-state index contributed by atoms with van der Waals surface area (Å²) in [6, 6.07) is 13.1. The van der Waals surface area contributed by atoms with Gasteiger partial charge in [-0.05, 0) is 34.4 Å². The summed E-state index contributed by atoms with van der Waals surface area (Å²) in [5, 5.41) is 11.1.